The minimum absolute atomic E-state index is 0.165. The molecule has 0 bridgehead atoms. The van der Waals surface area contributed by atoms with Gasteiger partial charge in [-0.05, 0) is 33.3 Å². The maximum atomic E-state index is 12.4. The fourth-order valence-electron chi connectivity index (χ4n) is 2.80. The van der Waals surface area contributed by atoms with Gasteiger partial charge in [-0.25, -0.2) is 9.59 Å². The summed E-state index contributed by atoms with van der Waals surface area (Å²) in [4.78, 5) is 27.8. The standard InChI is InChI=1S/C19H28N2O5/c1-14-10-21(17(23)25-13-15-8-6-5-7-9-15)16(12-22)11-20(14)18(24)26-19(2,3)4/h5-9,14,16,22H,10-13H2,1-4H3/t14-,16-/m0/s1. The smallest absolute Gasteiger partial charge is 0.410 e. The van der Waals surface area contributed by atoms with Crippen LogP contribution in [0.25, 0.3) is 0 Å². The van der Waals surface area contributed by atoms with Crippen LogP contribution >= 0.6 is 0 Å². The summed E-state index contributed by atoms with van der Waals surface area (Å²) >= 11 is 0. The number of nitrogens with zero attached hydrogens (tertiary/aromatic N) is 2. The summed E-state index contributed by atoms with van der Waals surface area (Å²) in [5.41, 5.74) is 0.291. The molecule has 7 nitrogen and oxygen atoms in total. The average molecular weight is 364 g/mol. The van der Waals surface area contributed by atoms with Crippen LogP contribution < -0.4 is 0 Å². The molecule has 0 spiro atoms. The van der Waals surface area contributed by atoms with Crippen LogP contribution in [0.15, 0.2) is 30.3 Å². The van der Waals surface area contributed by atoms with Gasteiger partial charge in [0.05, 0.1) is 18.7 Å². The quantitative estimate of drug-likeness (QED) is 0.892. The first-order valence-corrected chi connectivity index (χ1v) is 8.79. The minimum Gasteiger partial charge on any atom is -0.445 e. The third kappa shape index (κ3) is 5.36. The summed E-state index contributed by atoms with van der Waals surface area (Å²) in [6, 6.07) is 8.63. The molecule has 1 fully saturated rings. The summed E-state index contributed by atoms with van der Waals surface area (Å²) in [6.45, 7) is 7.63. The lowest BCUT2D eigenvalue weighted by Gasteiger charge is -2.44. The Hall–Kier alpha value is -2.28. The zero-order valence-corrected chi connectivity index (χ0v) is 15.8. The van der Waals surface area contributed by atoms with Gasteiger partial charge in [0.2, 0.25) is 0 Å². The van der Waals surface area contributed by atoms with Crippen LogP contribution in [0.4, 0.5) is 9.59 Å². The Morgan fingerprint density at radius 3 is 2.35 bits per heavy atom. The Labute approximate surface area is 154 Å². The molecule has 1 aromatic carbocycles. The van der Waals surface area contributed by atoms with E-state index in [2.05, 4.69) is 0 Å². The number of hydrogen-bond acceptors (Lipinski definition) is 5. The van der Waals surface area contributed by atoms with Crippen LogP contribution in [-0.4, -0.2) is 64.5 Å². The Kier molecular flexibility index (Phi) is 6.47. The van der Waals surface area contributed by atoms with Crippen molar-refractivity contribution in [3.8, 4) is 0 Å². The summed E-state index contributed by atoms with van der Waals surface area (Å²) in [6.07, 6.45) is -0.940. The van der Waals surface area contributed by atoms with Gasteiger partial charge in [0.25, 0.3) is 0 Å². The van der Waals surface area contributed by atoms with Crippen LogP contribution in [0, 0.1) is 0 Å². The first kappa shape index (κ1) is 20.0. The molecule has 2 rings (SSSR count). The lowest BCUT2D eigenvalue weighted by molar-refractivity contribution is -0.0225. The number of amides is 2. The van der Waals surface area contributed by atoms with Gasteiger partial charge >= 0.3 is 12.2 Å². The number of piperazine rings is 1. The van der Waals surface area contributed by atoms with E-state index in [-0.39, 0.29) is 32.3 Å². The maximum Gasteiger partial charge on any atom is 0.410 e. The number of carbonyl (C=O) groups excluding carboxylic acids is 2. The molecule has 0 aromatic heterocycles. The van der Waals surface area contributed by atoms with E-state index >= 15 is 0 Å². The number of hydrogen-bond donors (Lipinski definition) is 1. The lowest BCUT2D eigenvalue weighted by atomic mass is 10.1. The zero-order chi connectivity index (χ0) is 19.3. The highest BCUT2D eigenvalue weighted by molar-refractivity contribution is 5.71. The molecule has 2 amide bonds. The van der Waals surface area contributed by atoms with Crippen molar-refractivity contribution < 1.29 is 24.2 Å². The van der Waals surface area contributed by atoms with Crippen molar-refractivity contribution in [2.45, 2.75) is 52.0 Å². The predicted molar refractivity (Wildman–Crippen MR) is 96.6 cm³/mol. The number of rotatable bonds is 3. The van der Waals surface area contributed by atoms with E-state index in [0.717, 1.165) is 5.56 Å². The molecule has 1 heterocycles. The third-order valence-corrected chi connectivity index (χ3v) is 4.12. The topological polar surface area (TPSA) is 79.3 Å². The second kappa shape index (κ2) is 8.40. The van der Waals surface area contributed by atoms with Gasteiger partial charge in [-0.15, -0.1) is 0 Å². The van der Waals surface area contributed by atoms with Crippen molar-refractivity contribution in [3.05, 3.63) is 35.9 Å². The molecule has 1 saturated heterocycles. The van der Waals surface area contributed by atoms with Gasteiger partial charge < -0.3 is 19.5 Å². The normalized spacial score (nSPS) is 20.7. The summed E-state index contributed by atoms with van der Waals surface area (Å²) in [7, 11) is 0. The highest BCUT2D eigenvalue weighted by Crippen LogP contribution is 2.20. The molecule has 0 unspecified atom stereocenters. The molecular formula is C19H28N2O5. The van der Waals surface area contributed by atoms with E-state index in [0.29, 0.717) is 0 Å². The molecule has 2 atom stereocenters. The highest BCUT2D eigenvalue weighted by atomic mass is 16.6. The first-order valence-electron chi connectivity index (χ1n) is 8.79. The molecular weight excluding hydrogens is 336 g/mol. The van der Waals surface area contributed by atoms with E-state index in [1.165, 1.54) is 4.90 Å². The number of carbonyl (C=O) groups is 2. The van der Waals surface area contributed by atoms with Gasteiger partial charge in [0.15, 0.2) is 0 Å². The molecule has 7 heteroatoms. The van der Waals surface area contributed by atoms with Crippen molar-refractivity contribution in [2.75, 3.05) is 19.7 Å². The Balaban J connectivity index is 1.98. The Morgan fingerprint density at radius 2 is 1.77 bits per heavy atom. The molecule has 1 aliphatic heterocycles. The number of benzene rings is 1. The highest BCUT2D eigenvalue weighted by Gasteiger charge is 2.38. The van der Waals surface area contributed by atoms with E-state index in [1.807, 2.05) is 37.3 Å². The molecule has 0 saturated carbocycles. The summed E-state index contributed by atoms with van der Waals surface area (Å²) in [5.74, 6) is 0. The molecule has 26 heavy (non-hydrogen) atoms. The second-order valence-electron chi connectivity index (χ2n) is 7.51. The van der Waals surface area contributed by atoms with Crippen LogP contribution in [-0.2, 0) is 16.1 Å². The van der Waals surface area contributed by atoms with E-state index in [1.54, 1.807) is 25.7 Å². The summed E-state index contributed by atoms with van der Waals surface area (Å²) in [5, 5.41) is 9.69. The largest absolute Gasteiger partial charge is 0.445 e. The molecule has 0 radical (unpaired) electrons. The molecule has 144 valence electrons. The van der Waals surface area contributed by atoms with Crippen molar-refractivity contribution in [1.82, 2.24) is 9.80 Å². The second-order valence-corrected chi connectivity index (χ2v) is 7.51. The fraction of sp³-hybridized carbons (Fsp3) is 0.579. The number of ether oxygens (including phenoxy) is 2. The van der Waals surface area contributed by atoms with Gasteiger partial charge in [-0.1, -0.05) is 30.3 Å². The first-order chi connectivity index (χ1) is 12.2. The van der Waals surface area contributed by atoms with E-state index < -0.39 is 23.8 Å². The fourth-order valence-corrected chi connectivity index (χ4v) is 2.80. The average Bonchev–Trinajstić information content (AvgIpc) is 2.58. The monoisotopic (exact) mass is 364 g/mol. The van der Waals surface area contributed by atoms with Crippen LogP contribution in [0.5, 0.6) is 0 Å². The van der Waals surface area contributed by atoms with Gasteiger partial charge in [0, 0.05) is 13.1 Å². The molecule has 1 aromatic rings. The predicted octanol–water partition coefficient (Wildman–Crippen LogP) is 2.63. The van der Waals surface area contributed by atoms with Crippen LogP contribution in [0.2, 0.25) is 0 Å². The maximum absolute atomic E-state index is 12.4. The Bertz CT molecular complexity index is 614. The van der Waals surface area contributed by atoms with Crippen molar-refractivity contribution in [2.24, 2.45) is 0 Å². The number of aliphatic hydroxyl groups is 1. The van der Waals surface area contributed by atoms with Crippen LogP contribution in [0.3, 0.4) is 0 Å². The van der Waals surface area contributed by atoms with Gasteiger partial charge in [-0.3, -0.25) is 4.90 Å². The third-order valence-electron chi connectivity index (χ3n) is 4.12. The van der Waals surface area contributed by atoms with Gasteiger partial charge in [-0.2, -0.15) is 0 Å². The lowest BCUT2D eigenvalue weighted by Crippen LogP contribution is -2.62. The van der Waals surface area contributed by atoms with E-state index in [9.17, 15) is 14.7 Å². The van der Waals surface area contributed by atoms with E-state index in [4.69, 9.17) is 9.47 Å². The molecule has 1 N–H and O–H groups in total. The van der Waals surface area contributed by atoms with Crippen LogP contribution in [0.1, 0.15) is 33.3 Å². The van der Waals surface area contributed by atoms with Crippen molar-refractivity contribution in [1.29, 1.82) is 0 Å². The van der Waals surface area contributed by atoms with Crippen molar-refractivity contribution in [3.63, 3.8) is 0 Å². The summed E-state index contributed by atoms with van der Waals surface area (Å²) < 4.78 is 10.8. The minimum atomic E-state index is -0.600. The zero-order valence-electron chi connectivity index (χ0n) is 15.8. The number of aliphatic hydroxyl groups excluding tert-OH is 1. The molecule has 1 aliphatic rings. The SMILES string of the molecule is C[C@H]1CN(C(=O)OCc2ccccc2)[C@H](CO)CN1C(=O)OC(C)(C)C. The Morgan fingerprint density at radius 1 is 1.12 bits per heavy atom. The molecule has 0 aliphatic carbocycles. The van der Waals surface area contributed by atoms with Crippen molar-refractivity contribution >= 4 is 12.2 Å². The van der Waals surface area contributed by atoms with Gasteiger partial charge in [0.1, 0.15) is 12.2 Å².